The van der Waals surface area contributed by atoms with Gasteiger partial charge in [-0.3, -0.25) is 0 Å². The Hall–Kier alpha value is -1.20. The van der Waals surface area contributed by atoms with Gasteiger partial charge in [0, 0.05) is 10.5 Å². The fourth-order valence-corrected chi connectivity index (χ4v) is 2.10. The molecule has 0 aliphatic rings. The molecule has 0 saturated heterocycles. The molecule has 2 rings (SSSR count). The van der Waals surface area contributed by atoms with Crippen molar-refractivity contribution in [2.45, 2.75) is 13.0 Å². The summed E-state index contributed by atoms with van der Waals surface area (Å²) in [6, 6.07) is 5.96. The van der Waals surface area contributed by atoms with Gasteiger partial charge >= 0.3 is 0 Å². The van der Waals surface area contributed by atoms with Gasteiger partial charge in [-0.1, -0.05) is 22.0 Å². The molecule has 0 bridgehead atoms. The van der Waals surface area contributed by atoms with Crippen molar-refractivity contribution in [3.05, 3.63) is 40.9 Å². The summed E-state index contributed by atoms with van der Waals surface area (Å²) in [6.45, 7) is 1.95. The molecular formula is C10H11BrN4. The third-order valence-electron chi connectivity index (χ3n) is 2.16. The molecule has 2 N–H and O–H groups in total. The first kappa shape index (κ1) is 10.3. The minimum absolute atomic E-state index is 0.0178. The van der Waals surface area contributed by atoms with Crippen molar-refractivity contribution in [1.29, 1.82) is 0 Å². The lowest BCUT2D eigenvalue weighted by Crippen LogP contribution is -2.06. The second-order valence-corrected chi connectivity index (χ2v) is 4.19. The van der Waals surface area contributed by atoms with E-state index < -0.39 is 0 Å². The highest BCUT2D eigenvalue weighted by molar-refractivity contribution is 9.10. The first-order valence-corrected chi connectivity index (χ1v) is 5.38. The van der Waals surface area contributed by atoms with E-state index in [2.05, 4.69) is 26.0 Å². The van der Waals surface area contributed by atoms with Crippen molar-refractivity contribution in [2.24, 2.45) is 5.73 Å². The van der Waals surface area contributed by atoms with Crippen molar-refractivity contribution in [3.63, 3.8) is 0 Å². The summed E-state index contributed by atoms with van der Waals surface area (Å²) < 4.78 is 2.70. The fraction of sp³-hybridized carbons (Fsp3) is 0.200. The standard InChI is InChI=1S/C10H11BrN4/c1-7(12)9-3-2-8(4-10(9)11)15-6-13-5-14-15/h2-7H,12H2,1H3/t7-/m0/s1. The Labute approximate surface area is 96.3 Å². The van der Waals surface area contributed by atoms with E-state index in [-0.39, 0.29) is 6.04 Å². The van der Waals surface area contributed by atoms with Gasteiger partial charge in [-0.2, -0.15) is 5.10 Å². The van der Waals surface area contributed by atoms with Crippen LogP contribution in [0.3, 0.4) is 0 Å². The smallest absolute Gasteiger partial charge is 0.138 e. The van der Waals surface area contributed by atoms with Crippen LogP contribution in [0.2, 0.25) is 0 Å². The largest absolute Gasteiger partial charge is 0.324 e. The summed E-state index contributed by atoms with van der Waals surface area (Å²) in [5.41, 5.74) is 7.86. The van der Waals surface area contributed by atoms with E-state index in [1.165, 1.54) is 6.33 Å². The van der Waals surface area contributed by atoms with E-state index in [1.54, 1.807) is 11.0 Å². The molecule has 1 aromatic carbocycles. The lowest BCUT2D eigenvalue weighted by molar-refractivity contribution is 0.808. The zero-order valence-corrected chi connectivity index (χ0v) is 9.85. The molecule has 0 fully saturated rings. The molecule has 0 radical (unpaired) electrons. The zero-order chi connectivity index (χ0) is 10.8. The predicted octanol–water partition coefficient (Wildman–Crippen LogP) is 2.05. The van der Waals surface area contributed by atoms with Crippen LogP contribution in [0, 0.1) is 0 Å². The van der Waals surface area contributed by atoms with Crippen LogP contribution >= 0.6 is 15.9 Å². The van der Waals surface area contributed by atoms with Crippen LogP contribution in [0.15, 0.2) is 35.3 Å². The van der Waals surface area contributed by atoms with Gasteiger partial charge in [0.1, 0.15) is 12.7 Å². The first-order chi connectivity index (χ1) is 7.18. The van der Waals surface area contributed by atoms with Crippen molar-refractivity contribution in [3.8, 4) is 5.69 Å². The van der Waals surface area contributed by atoms with Crippen LogP contribution in [0.1, 0.15) is 18.5 Å². The van der Waals surface area contributed by atoms with Crippen LogP contribution in [-0.4, -0.2) is 14.8 Å². The minimum atomic E-state index is 0.0178. The molecule has 0 unspecified atom stereocenters. The molecule has 5 heteroatoms. The number of benzene rings is 1. The van der Waals surface area contributed by atoms with Gasteiger partial charge in [0.05, 0.1) is 5.69 Å². The van der Waals surface area contributed by atoms with E-state index in [4.69, 9.17) is 5.73 Å². The van der Waals surface area contributed by atoms with Crippen LogP contribution in [-0.2, 0) is 0 Å². The predicted molar refractivity (Wildman–Crippen MR) is 61.7 cm³/mol. The summed E-state index contributed by atoms with van der Waals surface area (Å²) in [4.78, 5) is 3.90. The van der Waals surface area contributed by atoms with Gasteiger partial charge in [-0.15, -0.1) is 0 Å². The van der Waals surface area contributed by atoms with E-state index >= 15 is 0 Å². The van der Waals surface area contributed by atoms with Gasteiger partial charge < -0.3 is 5.73 Å². The molecule has 1 heterocycles. The van der Waals surface area contributed by atoms with Crippen LogP contribution < -0.4 is 5.73 Å². The zero-order valence-electron chi connectivity index (χ0n) is 8.26. The Kier molecular flexibility index (Phi) is 2.83. The average Bonchev–Trinajstić information content (AvgIpc) is 2.69. The topological polar surface area (TPSA) is 56.7 Å². The number of hydrogen-bond acceptors (Lipinski definition) is 3. The third kappa shape index (κ3) is 2.08. The number of halogens is 1. The van der Waals surface area contributed by atoms with Gasteiger partial charge in [0.2, 0.25) is 0 Å². The molecule has 2 aromatic rings. The highest BCUT2D eigenvalue weighted by Crippen LogP contribution is 2.24. The van der Waals surface area contributed by atoms with Crippen LogP contribution in [0.25, 0.3) is 5.69 Å². The molecule has 0 aliphatic carbocycles. The molecule has 0 amide bonds. The van der Waals surface area contributed by atoms with Crippen molar-refractivity contribution >= 4 is 15.9 Å². The third-order valence-corrected chi connectivity index (χ3v) is 2.84. The number of hydrogen-bond donors (Lipinski definition) is 1. The molecule has 4 nitrogen and oxygen atoms in total. The monoisotopic (exact) mass is 266 g/mol. The summed E-state index contributed by atoms with van der Waals surface area (Å²) >= 11 is 3.49. The highest BCUT2D eigenvalue weighted by atomic mass is 79.9. The second-order valence-electron chi connectivity index (χ2n) is 3.33. The highest BCUT2D eigenvalue weighted by Gasteiger charge is 2.06. The molecule has 78 valence electrons. The average molecular weight is 267 g/mol. The van der Waals surface area contributed by atoms with Gasteiger partial charge in [-0.05, 0) is 24.6 Å². The molecule has 0 aliphatic heterocycles. The minimum Gasteiger partial charge on any atom is -0.324 e. The summed E-state index contributed by atoms with van der Waals surface area (Å²) in [5.74, 6) is 0. The molecule has 0 spiro atoms. The molecular weight excluding hydrogens is 256 g/mol. The second kappa shape index (κ2) is 4.12. The van der Waals surface area contributed by atoms with Gasteiger partial charge in [0.15, 0.2) is 0 Å². The number of rotatable bonds is 2. The van der Waals surface area contributed by atoms with Crippen molar-refractivity contribution in [2.75, 3.05) is 0 Å². The maximum absolute atomic E-state index is 5.82. The molecule has 1 aromatic heterocycles. The summed E-state index contributed by atoms with van der Waals surface area (Å²) in [7, 11) is 0. The summed E-state index contributed by atoms with van der Waals surface area (Å²) in [6.07, 6.45) is 3.17. The van der Waals surface area contributed by atoms with E-state index in [0.717, 1.165) is 15.7 Å². The quantitative estimate of drug-likeness (QED) is 0.905. The lowest BCUT2D eigenvalue weighted by atomic mass is 10.1. The maximum atomic E-state index is 5.82. The lowest BCUT2D eigenvalue weighted by Gasteiger charge is -2.09. The van der Waals surface area contributed by atoms with E-state index in [1.807, 2.05) is 25.1 Å². The molecule has 15 heavy (non-hydrogen) atoms. The first-order valence-electron chi connectivity index (χ1n) is 4.58. The number of nitrogens with zero attached hydrogens (tertiary/aromatic N) is 3. The van der Waals surface area contributed by atoms with E-state index in [9.17, 15) is 0 Å². The maximum Gasteiger partial charge on any atom is 0.138 e. The van der Waals surface area contributed by atoms with Crippen molar-refractivity contribution < 1.29 is 0 Å². The Balaban J connectivity index is 2.42. The van der Waals surface area contributed by atoms with Crippen LogP contribution in [0.5, 0.6) is 0 Å². The van der Waals surface area contributed by atoms with Gasteiger partial charge in [0.25, 0.3) is 0 Å². The normalized spacial score (nSPS) is 12.7. The van der Waals surface area contributed by atoms with Crippen molar-refractivity contribution in [1.82, 2.24) is 14.8 Å². The Morgan fingerprint density at radius 1 is 1.47 bits per heavy atom. The SMILES string of the molecule is C[C@H](N)c1ccc(-n2cncn2)cc1Br. The van der Waals surface area contributed by atoms with Gasteiger partial charge in [-0.25, -0.2) is 9.67 Å². The molecule has 0 saturated carbocycles. The number of nitrogens with two attached hydrogens (primary N) is 1. The fourth-order valence-electron chi connectivity index (χ4n) is 1.37. The Morgan fingerprint density at radius 3 is 2.80 bits per heavy atom. The number of aromatic nitrogens is 3. The molecule has 1 atom stereocenters. The Bertz CT molecular complexity index is 450. The summed E-state index contributed by atoms with van der Waals surface area (Å²) in [5, 5.41) is 4.06. The Morgan fingerprint density at radius 2 is 2.27 bits per heavy atom. The van der Waals surface area contributed by atoms with Crippen LogP contribution in [0.4, 0.5) is 0 Å². The van der Waals surface area contributed by atoms with E-state index in [0.29, 0.717) is 0 Å².